The third kappa shape index (κ3) is 2.31. The Bertz CT molecular complexity index is 397. The summed E-state index contributed by atoms with van der Waals surface area (Å²) >= 11 is 0. The standard InChI is InChI=1S/C14H21NO2/c1-10-5-6-12(16-3)11(9-10)13(15)14(2)7-4-8-17-14/h5-6,9,13H,4,7-8,15H2,1-3H3. The summed E-state index contributed by atoms with van der Waals surface area (Å²) in [5, 5.41) is 0. The van der Waals surface area contributed by atoms with E-state index in [2.05, 4.69) is 19.9 Å². The largest absolute Gasteiger partial charge is 0.496 e. The molecule has 0 bridgehead atoms. The second kappa shape index (κ2) is 4.67. The van der Waals surface area contributed by atoms with E-state index in [0.29, 0.717) is 0 Å². The van der Waals surface area contributed by atoms with Crippen LogP contribution in [-0.4, -0.2) is 19.3 Å². The van der Waals surface area contributed by atoms with E-state index in [9.17, 15) is 0 Å². The number of nitrogens with two attached hydrogens (primary N) is 1. The highest BCUT2D eigenvalue weighted by atomic mass is 16.5. The molecule has 1 saturated heterocycles. The van der Waals surface area contributed by atoms with Gasteiger partial charge in [0.1, 0.15) is 5.75 Å². The van der Waals surface area contributed by atoms with Crippen molar-refractivity contribution in [3.63, 3.8) is 0 Å². The molecule has 2 rings (SSSR count). The number of ether oxygens (including phenoxy) is 2. The van der Waals surface area contributed by atoms with Gasteiger partial charge in [-0.1, -0.05) is 17.7 Å². The Morgan fingerprint density at radius 2 is 2.24 bits per heavy atom. The molecule has 2 unspecified atom stereocenters. The number of methoxy groups -OCH3 is 1. The van der Waals surface area contributed by atoms with Gasteiger partial charge in [-0.2, -0.15) is 0 Å². The molecule has 3 nitrogen and oxygen atoms in total. The highest BCUT2D eigenvalue weighted by molar-refractivity contribution is 5.40. The summed E-state index contributed by atoms with van der Waals surface area (Å²) in [6.45, 7) is 4.96. The summed E-state index contributed by atoms with van der Waals surface area (Å²) in [4.78, 5) is 0. The molecule has 1 heterocycles. The monoisotopic (exact) mass is 235 g/mol. The second-order valence-corrected chi connectivity index (χ2v) is 4.99. The van der Waals surface area contributed by atoms with E-state index in [4.69, 9.17) is 15.2 Å². The Hall–Kier alpha value is -1.06. The van der Waals surface area contributed by atoms with Crippen LogP contribution in [0.3, 0.4) is 0 Å². The van der Waals surface area contributed by atoms with Crippen LogP contribution >= 0.6 is 0 Å². The number of aryl methyl sites for hydroxylation is 1. The topological polar surface area (TPSA) is 44.5 Å². The molecule has 94 valence electrons. The molecule has 1 aromatic rings. The Labute approximate surface area is 103 Å². The van der Waals surface area contributed by atoms with Crippen LogP contribution in [0.25, 0.3) is 0 Å². The van der Waals surface area contributed by atoms with Crippen LogP contribution in [0, 0.1) is 6.92 Å². The Morgan fingerprint density at radius 1 is 1.47 bits per heavy atom. The van der Waals surface area contributed by atoms with Crippen LogP contribution in [0.2, 0.25) is 0 Å². The highest BCUT2D eigenvalue weighted by Gasteiger charge is 2.38. The minimum absolute atomic E-state index is 0.139. The van der Waals surface area contributed by atoms with Crippen LogP contribution in [0.5, 0.6) is 5.75 Å². The normalized spacial score (nSPS) is 25.9. The van der Waals surface area contributed by atoms with E-state index in [-0.39, 0.29) is 11.6 Å². The molecular weight excluding hydrogens is 214 g/mol. The molecule has 2 atom stereocenters. The first kappa shape index (κ1) is 12.4. The lowest BCUT2D eigenvalue weighted by molar-refractivity contribution is -0.00227. The molecule has 0 saturated carbocycles. The van der Waals surface area contributed by atoms with Gasteiger partial charge < -0.3 is 15.2 Å². The Kier molecular flexibility index (Phi) is 3.40. The average molecular weight is 235 g/mol. The maximum Gasteiger partial charge on any atom is 0.123 e. The molecule has 2 N–H and O–H groups in total. The molecule has 0 aliphatic carbocycles. The van der Waals surface area contributed by atoms with Crippen molar-refractivity contribution in [1.82, 2.24) is 0 Å². The molecule has 1 aliphatic heterocycles. The minimum Gasteiger partial charge on any atom is -0.496 e. The van der Waals surface area contributed by atoms with E-state index in [0.717, 1.165) is 30.8 Å². The third-order valence-corrected chi connectivity index (χ3v) is 3.63. The van der Waals surface area contributed by atoms with E-state index in [1.807, 2.05) is 12.1 Å². The molecule has 1 fully saturated rings. The van der Waals surface area contributed by atoms with Crippen molar-refractivity contribution in [1.29, 1.82) is 0 Å². The van der Waals surface area contributed by atoms with E-state index < -0.39 is 0 Å². The molecule has 0 aromatic heterocycles. The summed E-state index contributed by atoms with van der Waals surface area (Å²) in [6.07, 6.45) is 2.09. The zero-order valence-corrected chi connectivity index (χ0v) is 10.8. The first-order chi connectivity index (χ1) is 8.07. The van der Waals surface area contributed by atoms with Gasteiger partial charge in [-0.15, -0.1) is 0 Å². The number of hydrogen-bond acceptors (Lipinski definition) is 3. The molecule has 1 aliphatic rings. The second-order valence-electron chi connectivity index (χ2n) is 4.99. The van der Waals surface area contributed by atoms with Crippen LogP contribution in [0.4, 0.5) is 0 Å². The van der Waals surface area contributed by atoms with E-state index in [1.54, 1.807) is 7.11 Å². The Morgan fingerprint density at radius 3 is 2.82 bits per heavy atom. The molecule has 0 radical (unpaired) electrons. The van der Waals surface area contributed by atoms with Crippen molar-refractivity contribution >= 4 is 0 Å². The molecule has 1 aromatic carbocycles. The van der Waals surface area contributed by atoms with Crippen LogP contribution in [0.15, 0.2) is 18.2 Å². The van der Waals surface area contributed by atoms with Gasteiger partial charge >= 0.3 is 0 Å². The van der Waals surface area contributed by atoms with Crippen molar-refractivity contribution in [2.75, 3.05) is 13.7 Å². The van der Waals surface area contributed by atoms with Gasteiger partial charge in [0.15, 0.2) is 0 Å². The van der Waals surface area contributed by atoms with Crippen LogP contribution in [0.1, 0.15) is 36.9 Å². The van der Waals surface area contributed by atoms with Crippen LogP contribution in [-0.2, 0) is 4.74 Å². The first-order valence-electron chi connectivity index (χ1n) is 6.11. The number of rotatable bonds is 3. The van der Waals surface area contributed by atoms with E-state index >= 15 is 0 Å². The van der Waals surface area contributed by atoms with Crippen molar-refractivity contribution in [3.8, 4) is 5.75 Å². The van der Waals surface area contributed by atoms with Gasteiger partial charge in [-0.3, -0.25) is 0 Å². The predicted octanol–water partition coefficient (Wildman–Crippen LogP) is 2.57. The van der Waals surface area contributed by atoms with Crippen molar-refractivity contribution < 1.29 is 9.47 Å². The SMILES string of the molecule is COc1ccc(C)cc1C(N)C1(C)CCCO1. The first-order valence-corrected chi connectivity index (χ1v) is 6.11. The summed E-state index contributed by atoms with van der Waals surface area (Å²) in [5.74, 6) is 0.847. The lowest BCUT2D eigenvalue weighted by atomic mass is 9.87. The zero-order chi connectivity index (χ0) is 12.5. The van der Waals surface area contributed by atoms with Gasteiger partial charge in [0.25, 0.3) is 0 Å². The van der Waals surface area contributed by atoms with Crippen molar-refractivity contribution in [3.05, 3.63) is 29.3 Å². The van der Waals surface area contributed by atoms with Gasteiger partial charge in [0.05, 0.1) is 18.8 Å². The predicted molar refractivity (Wildman–Crippen MR) is 68.3 cm³/mol. The lowest BCUT2D eigenvalue weighted by Crippen LogP contribution is -2.37. The van der Waals surface area contributed by atoms with Gasteiger partial charge in [0.2, 0.25) is 0 Å². The summed E-state index contributed by atoms with van der Waals surface area (Å²) in [5.41, 5.74) is 8.34. The maximum atomic E-state index is 6.37. The number of hydrogen-bond donors (Lipinski definition) is 1. The van der Waals surface area contributed by atoms with Gasteiger partial charge in [0, 0.05) is 12.2 Å². The van der Waals surface area contributed by atoms with Crippen molar-refractivity contribution in [2.45, 2.75) is 38.3 Å². The smallest absolute Gasteiger partial charge is 0.123 e. The molecule has 17 heavy (non-hydrogen) atoms. The summed E-state index contributed by atoms with van der Waals surface area (Å²) in [6, 6.07) is 5.96. The maximum absolute atomic E-state index is 6.37. The summed E-state index contributed by atoms with van der Waals surface area (Å²) in [7, 11) is 1.68. The third-order valence-electron chi connectivity index (χ3n) is 3.63. The Balaban J connectivity index is 2.35. The fourth-order valence-electron chi connectivity index (χ4n) is 2.47. The molecule has 0 spiro atoms. The van der Waals surface area contributed by atoms with Gasteiger partial charge in [-0.25, -0.2) is 0 Å². The van der Waals surface area contributed by atoms with E-state index in [1.165, 1.54) is 5.56 Å². The highest BCUT2D eigenvalue weighted by Crippen LogP contribution is 2.39. The van der Waals surface area contributed by atoms with Crippen molar-refractivity contribution in [2.24, 2.45) is 5.73 Å². The molecule has 0 amide bonds. The lowest BCUT2D eigenvalue weighted by Gasteiger charge is -2.31. The fourth-order valence-corrected chi connectivity index (χ4v) is 2.47. The number of benzene rings is 1. The quantitative estimate of drug-likeness (QED) is 0.875. The fraction of sp³-hybridized carbons (Fsp3) is 0.571. The van der Waals surface area contributed by atoms with Crippen LogP contribution < -0.4 is 10.5 Å². The summed E-state index contributed by atoms with van der Waals surface area (Å²) < 4.78 is 11.2. The molecular formula is C14H21NO2. The minimum atomic E-state index is -0.263. The average Bonchev–Trinajstić information content (AvgIpc) is 2.76. The zero-order valence-electron chi connectivity index (χ0n) is 10.8. The molecule has 3 heteroatoms. The van der Waals surface area contributed by atoms with Gasteiger partial charge in [-0.05, 0) is 32.8 Å².